The molecule has 0 aliphatic rings. The molecule has 0 bridgehead atoms. The molecule has 0 atom stereocenters. The second kappa shape index (κ2) is 5.07. The summed E-state index contributed by atoms with van der Waals surface area (Å²) >= 11 is 1.51. The maximum Gasteiger partial charge on any atom is 0.312 e. The van der Waals surface area contributed by atoms with Crippen LogP contribution in [0.3, 0.4) is 0 Å². The van der Waals surface area contributed by atoms with Crippen LogP contribution in [-0.4, -0.2) is 16.3 Å². The minimum absolute atomic E-state index is 0.223. The van der Waals surface area contributed by atoms with Crippen LogP contribution in [0.25, 0.3) is 11.5 Å². The molecule has 1 N–H and O–H groups in total. The van der Waals surface area contributed by atoms with Crippen molar-refractivity contribution in [3.8, 4) is 17.4 Å². The highest BCUT2D eigenvalue weighted by Crippen LogP contribution is 2.26. The fourth-order valence-corrected chi connectivity index (χ4v) is 2.15. The summed E-state index contributed by atoms with van der Waals surface area (Å²) in [5.74, 6) is 0.157. The number of hydrogen-bond donors (Lipinski definition) is 1. The van der Waals surface area contributed by atoms with Crippen LogP contribution in [0.4, 0.5) is 5.00 Å². The Labute approximate surface area is 113 Å². The summed E-state index contributed by atoms with van der Waals surface area (Å²) < 4.78 is 5.23. The lowest BCUT2D eigenvalue weighted by Crippen LogP contribution is -1.81. The smallest absolute Gasteiger partial charge is 0.312 e. The first-order valence-electron chi connectivity index (χ1n) is 5.66. The summed E-state index contributed by atoms with van der Waals surface area (Å²) in [6.07, 6.45) is 1.50. The van der Waals surface area contributed by atoms with Gasteiger partial charge >= 0.3 is 5.95 Å². The van der Waals surface area contributed by atoms with Crippen LogP contribution < -0.4 is 0 Å². The quantitative estimate of drug-likeness (QED) is 0.735. The minimum atomic E-state index is -0.223. The van der Waals surface area contributed by atoms with E-state index in [0.717, 1.165) is 10.6 Å². The Morgan fingerprint density at radius 1 is 1.16 bits per heavy atom. The molecule has 1 aromatic carbocycles. The lowest BCUT2D eigenvalue weighted by atomic mass is 10.2. The molecule has 94 valence electrons. The third kappa shape index (κ3) is 2.56. The minimum Gasteiger partial charge on any atom is -0.479 e. The number of aromatic hydroxyl groups is 1. The maximum atomic E-state index is 9.70. The molecule has 0 unspecified atom stereocenters. The molecule has 2 heterocycles. The zero-order valence-corrected chi connectivity index (χ0v) is 10.7. The normalized spacial score (nSPS) is 11.2. The molecule has 0 spiro atoms. The lowest BCUT2D eigenvalue weighted by Gasteiger charge is -1.91. The Morgan fingerprint density at radius 2 is 2.00 bits per heavy atom. The van der Waals surface area contributed by atoms with E-state index in [9.17, 15) is 5.11 Å². The van der Waals surface area contributed by atoms with Gasteiger partial charge in [-0.25, -0.2) is 9.98 Å². The number of hydrogen-bond acceptors (Lipinski definition) is 5. The van der Waals surface area contributed by atoms with Gasteiger partial charge in [0.15, 0.2) is 5.69 Å². The monoisotopic (exact) mass is 270 g/mol. The van der Waals surface area contributed by atoms with E-state index in [4.69, 9.17) is 4.42 Å². The van der Waals surface area contributed by atoms with Gasteiger partial charge < -0.3 is 9.52 Å². The second-order valence-corrected chi connectivity index (χ2v) is 4.71. The first-order valence-corrected chi connectivity index (χ1v) is 6.54. The van der Waals surface area contributed by atoms with Crippen molar-refractivity contribution in [3.05, 3.63) is 53.5 Å². The van der Waals surface area contributed by atoms with Crippen LogP contribution in [0.2, 0.25) is 0 Å². The van der Waals surface area contributed by atoms with Crippen molar-refractivity contribution in [1.82, 2.24) is 4.98 Å². The molecular weight excluding hydrogens is 260 g/mol. The van der Waals surface area contributed by atoms with Gasteiger partial charge in [0.2, 0.25) is 5.89 Å². The third-order valence-electron chi connectivity index (χ3n) is 2.48. The molecular formula is C14H10N2O2S. The van der Waals surface area contributed by atoms with E-state index in [2.05, 4.69) is 9.98 Å². The van der Waals surface area contributed by atoms with E-state index in [-0.39, 0.29) is 5.95 Å². The van der Waals surface area contributed by atoms with E-state index in [0.29, 0.717) is 11.6 Å². The Balaban J connectivity index is 1.90. The molecule has 0 aliphatic carbocycles. The molecule has 3 aromatic rings. The van der Waals surface area contributed by atoms with Gasteiger partial charge in [-0.15, -0.1) is 11.3 Å². The molecule has 0 aliphatic heterocycles. The molecule has 0 amide bonds. The fraction of sp³-hybridized carbons (Fsp3) is 0. The number of rotatable bonds is 3. The molecule has 3 rings (SSSR count). The summed E-state index contributed by atoms with van der Waals surface area (Å²) in [6.45, 7) is 0. The fourth-order valence-electron chi connectivity index (χ4n) is 1.58. The van der Waals surface area contributed by atoms with E-state index >= 15 is 0 Å². The predicted octanol–water partition coefficient (Wildman–Crippen LogP) is 3.86. The molecule has 2 aromatic heterocycles. The Hall–Kier alpha value is -2.40. The molecule has 5 heteroatoms. The van der Waals surface area contributed by atoms with E-state index in [1.165, 1.54) is 17.6 Å². The van der Waals surface area contributed by atoms with Crippen molar-refractivity contribution in [2.45, 2.75) is 0 Å². The van der Waals surface area contributed by atoms with Crippen LogP contribution in [0.5, 0.6) is 5.95 Å². The highest BCUT2D eigenvalue weighted by atomic mass is 32.1. The largest absolute Gasteiger partial charge is 0.479 e. The Kier molecular flexibility index (Phi) is 3.12. The molecule has 0 fully saturated rings. The second-order valence-electron chi connectivity index (χ2n) is 3.78. The SMILES string of the molecule is Oc1oc(-c2ccccc2)nc1C=Nc1cccs1. The number of nitrogens with zero attached hydrogens (tertiary/aromatic N) is 2. The van der Waals surface area contributed by atoms with Crippen molar-refractivity contribution in [3.63, 3.8) is 0 Å². The van der Waals surface area contributed by atoms with Crippen molar-refractivity contribution in [1.29, 1.82) is 0 Å². The zero-order chi connectivity index (χ0) is 13.1. The number of oxazole rings is 1. The van der Waals surface area contributed by atoms with Crippen molar-refractivity contribution >= 4 is 22.6 Å². The van der Waals surface area contributed by atoms with Crippen LogP contribution in [0.1, 0.15) is 5.69 Å². The number of benzene rings is 1. The zero-order valence-electron chi connectivity index (χ0n) is 9.85. The Bertz CT molecular complexity index is 688. The van der Waals surface area contributed by atoms with Gasteiger partial charge in [-0.1, -0.05) is 18.2 Å². The molecule has 0 saturated carbocycles. The average molecular weight is 270 g/mol. The van der Waals surface area contributed by atoms with E-state index in [1.54, 1.807) is 0 Å². The van der Waals surface area contributed by atoms with Crippen LogP contribution in [0.15, 0.2) is 57.3 Å². The van der Waals surface area contributed by atoms with Crippen LogP contribution in [0, 0.1) is 0 Å². The summed E-state index contributed by atoms with van der Waals surface area (Å²) in [6, 6.07) is 13.2. The van der Waals surface area contributed by atoms with Gasteiger partial charge in [0.1, 0.15) is 5.00 Å². The highest BCUT2D eigenvalue weighted by molar-refractivity contribution is 7.13. The first kappa shape index (κ1) is 11.7. The van der Waals surface area contributed by atoms with Crippen LogP contribution in [-0.2, 0) is 0 Å². The lowest BCUT2D eigenvalue weighted by molar-refractivity contribution is 0.337. The Morgan fingerprint density at radius 3 is 2.74 bits per heavy atom. The van der Waals surface area contributed by atoms with Gasteiger partial charge in [0.05, 0.1) is 6.21 Å². The van der Waals surface area contributed by atoms with Gasteiger partial charge in [0.25, 0.3) is 0 Å². The number of thiophene rings is 1. The van der Waals surface area contributed by atoms with Gasteiger partial charge in [-0.2, -0.15) is 0 Å². The molecule has 0 radical (unpaired) electrons. The van der Waals surface area contributed by atoms with Gasteiger partial charge in [-0.05, 0) is 29.6 Å². The number of aliphatic imine (C=N–C) groups is 1. The predicted molar refractivity (Wildman–Crippen MR) is 75.2 cm³/mol. The summed E-state index contributed by atoms with van der Waals surface area (Å²) in [5, 5.41) is 12.5. The van der Waals surface area contributed by atoms with E-state index in [1.807, 2.05) is 47.8 Å². The van der Waals surface area contributed by atoms with Crippen molar-refractivity contribution in [2.24, 2.45) is 4.99 Å². The topological polar surface area (TPSA) is 58.6 Å². The molecule has 0 saturated heterocycles. The third-order valence-corrected chi connectivity index (χ3v) is 3.25. The summed E-state index contributed by atoms with van der Waals surface area (Å²) in [5.41, 5.74) is 1.14. The average Bonchev–Trinajstić information content (AvgIpc) is 3.07. The summed E-state index contributed by atoms with van der Waals surface area (Å²) in [7, 11) is 0. The highest BCUT2D eigenvalue weighted by Gasteiger charge is 2.11. The standard InChI is InChI=1S/C14H10N2O2S/c17-14-11(9-15-12-7-4-8-19-12)16-13(18-14)10-5-2-1-3-6-10/h1-9,17H. The van der Waals surface area contributed by atoms with E-state index < -0.39 is 0 Å². The number of aromatic nitrogens is 1. The first-order chi connectivity index (χ1) is 9.33. The van der Waals surface area contributed by atoms with Crippen molar-refractivity contribution in [2.75, 3.05) is 0 Å². The van der Waals surface area contributed by atoms with Gasteiger partial charge in [-0.3, -0.25) is 0 Å². The summed E-state index contributed by atoms with van der Waals surface area (Å²) in [4.78, 5) is 8.43. The molecule has 19 heavy (non-hydrogen) atoms. The van der Waals surface area contributed by atoms with Crippen LogP contribution >= 0.6 is 11.3 Å². The van der Waals surface area contributed by atoms with Crippen molar-refractivity contribution < 1.29 is 9.52 Å². The van der Waals surface area contributed by atoms with Gasteiger partial charge in [0, 0.05) is 5.56 Å². The maximum absolute atomic E-state index is 9.70. The molecule has 4 nitrogen and oxygen atoms in total.